The van der Waals surface area contributed by atoms with Crippen LogP contribution < -0.4 is 0 Å². The molecule has 3 saturated heterocycles. The molecule has 128 heavy (non-hydrogen) atoms. The second-order valence-corrected chi connectivity index (χ2v) is 37.9. The highest BCUT2D eigenvalue weighted by Gasteiger charge is 2.71. The predicted molar refractivity (Wildman–Crippen MR) is 410 cm³/mol. The topological polar surface area (TPSA) is 307 Å². The van der Waals surface area contributed by atoms with Crippen LogP contribution in [0.1, 0.15) is 223 Å². The Kier molecular flexibility index (Phi) is 34.7. The van der Waals surface area contributed by atoms with Crippen molar-refractivity contribution in [3.63, 3.8) is 0 Å². The predicted octanol–water partition coefficient (Wildman–Crippen LogP) is 18.2. The first-order valence-electron chi connectivity index (χ1n) is 41.8. The third kappa shape index (κ3) is 26.9. The van der Waals surface area contributed by atoms with Crippen LogP contribution in [-0.4, -0.2) is 199 Å². The van der Waals surface area contributed by atoms with Crippen LogP contribution in [0.25, 0.3) is 0 Å². The quantitative estimate of drug-likeness (QED) is 0.0269. The maximum atomic E-state index is 13.4. The van der Waals surface area contributed by atoms with Crippen molar-refractivity contribution in [3.8, 4) is 0 Å². The van der Waals surface area contributed by atoms with E-state index in [0.29, 0.717) is 74.0 Å². The van der Waals surface area contributed by atoms with Gasteiger partial charge in [0.25, 0.3) is 17.4 Å². The molecule has 3 aliphatic heterocycles. The van der Waals surface area contributed by atoms with Gasteiger partial charge in [-0.2, -0.15) is 92.2 Å². The molecular formula is C86H117F21O21. The minimum atomic E-state index is -5.47. The normalized spacial score (nSPS) is 33.7. The zero-order valence-electron chi connectivity index (χ0n) is 72.7. The van der Waals surface area contributed by atoms with Crippen LogP contribution in [0.5, 0.6) is 0 Å². The van der Waals surface area contributed by atoms with Gasteiger partial charge in [-0.1, -0.05) is 45.9 Å². The Morgan fingerprint density at radius 3 is 1.10 bits per heavy atom. The number of carbonyl (C=O) groups excluding carboxylic acids is 6. The second-order valence-electron chi connectivity index (χ2n) is 37.9. The average Bonchev–Trinajstić information content (AvgIpc) is 0.918. The van der Waals surface area contributed by atoms with Crippen LogP contribution in [-0.2, 0) is 71.4 Å². The summed E-state index contributed by atoms with van der Waals surface area (Å²) in [5.74, 6) is -11.2. The fraction of sp³-hybridized carbons (Fsp3) is 0.791. The number of halogens is 21. The Morgan fingerprint density at radius 2 is 0.734 bits per heavy atom. The van der Waals surface area contributed by atoms with Crippen LogP contribution >= 0.6 is 0 Å². The van der Waals surface area contributed by atoms with Gasteiger partial charge in [0.05, 0.1) is 32.7 Å². The summed E-state index contributed by atoms with van der Waals surface area (Å²) in [7, 11) is 0. The summed E-state index contributed by atoms with van der Waals surface area (Å²) in [5.41, 5.74) is -14.5. The smallest absolute Gasteiger partial charge is 0.443 e. The van der Waals surface area contributed by atoms with Crippen LogP contribution in [0.15, 0.2) is 72.9 Å². The number of hydrogen-bond acceptors (Lipinski definition) is 21. The lowest BCUT2D eigenvalue weighted by atomic mass is 9.48. The third-order valence-corrected chi connectivity index (χ3v) is 26.5. The zero-order valence-corrected chi connectivity index (χ0v) is 72.7. The van der Waals surface area contributed by atoms with Crippen molar-refractivity contribution < 1.29 is 194 Å². The van der Waals surface area contributed by atoms with Crippen molar-refractivity contribution in [1.82, 2.24) is 0 Å². The molecule has 10 bridgehead atoms. The highest BCUT2D eigenvalue weighted by Crippen LogP contribution is 2.64. The van der Waals surface area contributed by atoms with Crippen LogP contribution in [0.4, 0.5) is 92.2 Å². The number of hydrogen-bond donors (Lipinski definition) is 6. The van der Waals surface area contributed by atoms with Crippen molar-refractivity contribution in [3.05, 3.63) is 72.9 Å². The molecule has 0 radical (unpaired) electrons. The summed E-state index contributed by atoms with van der Waals surface area (Å²) in [6.07, 6.45) is -29.7. The van der Waals surface area contributed by atoms with Crippen molar-refractivity contribution >= 4 is 35.8 Å². The molecule has 13 aliphatic rings. The number of rotatable bonds is 21. The van der Waals surface area contributed by atoms with E-state index in [4.69, 9.17) is 23.7 Å². The summed E-state index contributed by atoms with van der Waals surface area (Å²) in [6.45, 7) is 29.6. The Morgan fingerprint density at radius 1 is 0.383 bits per heavy atom. The molecule has 0 amide bonds. The number of ether oxygens (including phenoxy) is 9. The largest absolute Gasteiger partial charge is 0.459 e. The monoisotopic (exact) mass is 1880 g/mol. The van der Waals surface area contributed by atoms with Gasteiger partial charge in [-0.15, -0.1) is 0 Å². The lowest BCUT2D eigenvalue weighted by Crippen LogP contribution is -2.63. The third-order valence-electron chi connectivity index (χ3n) is 26.5. The molecule has 10 saturated carbocycles. The van der Waals surface area contributed by atoms with Crippen LogP contribution in [0, 0.1) is 70.5 Å². The maximum absolute atomic E-state index is 13.4. The summed E-state index contributed by atoms with van der Waals surface area (Å²) in [5, 5.41) is 58.3. The van der Waals surface area contributed by atoms with Crippen molar-refractivity contribution in [2.24, 2.45) is 70.5 Å². The standard InChI is InChI=1S/2C19H27F3O3.C16H23F3O3.C11H12F6O4.C11H15F3O4.C10H13F3O4/c1-11(2)16(23)25-15(17(3,24)19(20,21)22)10-18-7-12-4-13(8-18)6-14(5-12)9-18;1-10(2)17(23)25-16(18(3,24)19(20,21)22)9-15-13-5-11-4-12(7-13)8-14(15)6-11;1-9(2)14(20)22-13(15(3,21)16(17,18)19)8-12-7-10-4-5-11(12)6-10;1-6(2)7(18)21-8(10(12,13)14)3-4-20-9(19,5-8)11(15,16)17;1-7(2)8(15)18-9(3)4-5-17-10(16,6-9)11(12,13)14;1-6(2)8(14)17-7-3-4-16-9(15,5-7)10(11,12)13/h12-15,24H,1,4-10H2,2-3H3;11-16,24H,1,4-9H2,2-3H3;10-13,21H,1,4-8H2,2-3H3;19H,1,3-5H2,2H3;16H,1,4-6H2,2-3H3;7,15H,1,3-5H2,2H3. The Balaban J connectivity index is 0.000000238. The molecule has 0 spiro atoms. The first kappa shape index (κ1) is 110. The summed E-state index contributed by atoms with van der Waals surface area (Å²) < 4.78 is 314. The molecular weight excluding hydrogens is 1770 g/mol. The van der Waals surface area contributed by atoms with E-state index in [1.54, 1.807) is 0 Å². The van der Waals surface area contributed by atoms with E-state index >= 15 is 0 Å². The molecule has 6 N–H and O–H groups in total. The Labute approximate surface area is 727 Å². The van der Waals surface area contributed by atoms with E-state index in [0.717, 1.165) is 77.6 Å². The fourth-order valence-electron chi connectivity index (χ4n) is 19.7. The highest BCUT2D eigenvalue weighted by molar-refractivity contribution is 5.89. The van der Waals surface area contributed by atoms with E-state index < -0.39 is 187 Å². The van der Waals surface area contributed by atoms with Crippen molar-refractivity contribution in [2.75, 3.05) is 19.8 Å². The Hall–Kier alpha value is -6.57. The van der Waals surface area contributed by atoms with Crippen molar-refractivity contribution in [2.45, 2.75) is 336 Å². The summed E-state index contributed by atoms with van der Waals surface area (Å²) in [6, 6.07) is 0. The number of esters is 6. The van der Waals surface area contributed by atoms with Gasteiger partial charge >= 0.3 is 79.0 Å². The molecule has 13 rings (SSSR count). The van der Waals surface area contributed by atoms with Gasteiger partial charge < -0.3 is 73.3 Å². The van der Waals surface area contributed by atoms with Gasteiger partial charge in [0.2, 0.25) is 5.60 Å². The van der Waals surface area contributed by atoms with E-state index in [1.165, 1.54) is 67.2 Å². The first-order valence-corrected chi connectivity index (χ1v) is 41.8. The zero-order chi connectivity index (χ0) is 98.0. The van der Waals surface area contributed by atoms with Gasteiger partial charge in [-0.3, -0.25) is 0 Å². The van der Waals surface area contributed by atoms with Crippen LogP contribution in [0.2, 0.25) is 0 Å². The van der Waals surface area contributed by atoms with Gasteiger partial charge in [0.15, 0.2) is 16.8 Å². The molecule has 3 heterocycles. The number of aliphatic hydroxyl groups is 6. The molecule has 42 heteroatoms. The summed E-state index contributed by atoms with van der Waals surface area (Å²) in [4.78, 5) is 69.2. The fourth-order valence-corrected chi connectivity index (χ4v) is 19.7. The molecule has 13 fully saturated rings. The van der Waals surface area contributed by atoms with E-state index in [9.17, 15) is 152 Å². The molecule has 15 unspecified atom stereocenters. The lowest BCUT2D eigenvalue weighted by Gasteiger charge is -2.58. The van der Waals surface area contributed by atoms with Gasteiger partial charge in [-0.25, -0.2) is 28.8 Å². The number of fused-ring (bicyclic) bond motifs is 2. The minimum absolute atomic E-state index is 0.0240. The van der Waals surface area contributed by atoms with E-state index in [2.05, 4.69) is 58.4 Å². The SMILES string of the molecule is C=C(C)C(=O)OC(CC12CC3CC(CC(C3)C1)C2)C(C)(O)C(F)(F)F.C=C(C)C(=O)OC(CC1C2CC3CC(C2)CC1C3)C(C)(O)C(F)(F)F.C=C(C)C(=O)OC(CC1CC2CCC1C2)C(C)(O)C(F)(F)F.C=C(C)C(=O)OC1(C(F)(F)F)CCOC(O)(C(F)(F)F)C1.C=C(C)C(=O)OC1(C)CCOC(O)(C(F)(F)F)C1.C=C(C)C(=O)OC1CCOC(O)(C(F)(F)F)C1. The molecule has 15 atom stereocenters. The highest BCUT2D eigenvalue weighted by atomic mass is 19.4. The molecule has 0 aromatic rings. The molecule has 734 valence electrons. The number of alkyl halides is 21. The minimum Gasteiger partial charge on any atom is -0.459 e. The van der Waals surface area contributed by atoms with Crippen LogP contribution in [0.3, 0.4) is 0 Å². The molecule has 0 aromatic heterocycles. The molecule has 10 aliphatic carbocycles. The molecule has 21 nitrogen and oxygen atoms in total. The lowest BCUT2D eigenvalue weighted by molar-refractivity contribution is -0.413. The van der Waals surface area contributed by atoms with Gasteiger partial charge in [0.1, 0.15) is 30.0 Å². The second kappa shape index (κ2) is 40.3. The van der Waals surface area contributed by atoms with Gasteiger partial charge in [-0.05, 0) is 249 Å². The van der Waals surface area contributed by atoms with E-state index in [-0.39, 0.29) is 90.4 Å². The molecule has 0 aromatic carbocycles. The van der Waals surface area contributed by atoms with E-state index in [1.807, 2.05) is 0 Å². The van der Waals surface area contributed by atoms with Crippen molar-refractivity contribution in [1.29, 1.82) is 0 Å². The Bertz CT molecular complexity index is 3930. The number of carbonyl (C=O) groups is 6. The maximum Gasteiger partial charge on any atom is 0.443 e. The first-order chi connectivity index (χ1) is 57.8. The summed E-state index contributed by atoms with van der Waals surface area (Å²) >= 11 is 0. The van der Waals surface area contributed by atoms with Gasteiger partial charge in [0, 0.05) is 59.1 Å². The average molecular weight is 1890 g/mol.